The molecule has 2 aromatic rings. The third kappa shape index (κ3) is 3.67. The van der Waals surface area contributed by atoms with E-state index >= 15 is 0 Å². The zero-order chi connectivity index (χ0) is 16.3. The molecule has 0 spiro atoms. The molecule has 1 N–H and O–H groups in total. The maximum Gasteiger partial charge on any atom is 0.316 e. The molecule has 0 saturated carbocycles. The molecular formula is C12H17BrN4O3S2. The fraction of sp³-hybridized carbons (Fsp3) is 0.500. The van der Waals surface area contributed by atoms with Crippen molar-refractivity contribution in [1.82, 2.24) is 19.5 Å². The van der Waals surface area contributed by atoms with Crippen molar-refractivity contribution in [3.8, 4) is 6.01 Å². The highest BCUT2D eigenvalue weighted by atomic mass is 79.9. The molecule has 22 heavy (non-hydrogen) atoms. The number of nitrogens with zero attached hydrogens (tertiary/aromatic N) is 3. The first kappa shape index (κ1) is 17.4. The van der Waals surface area contributed by atoms with Gasteiger partial charge in [0.1, 0.15) is 4.21 Å². The second kappa shape index (κ2) is 7.07. The van der Waals surface area contributed by atoms with Crippen LogP contribution in [0.3, 0.4) is 0 Å². The molecule has 0 fully saturated rings. The van der Waals surface area contributed by atoms with Crippen molar-refractivity contribution >= 4 is 37.3 Å². The van der Waals surface area contributed by atoms with E-state index in [2.05, 4.69) is 30.8 Å². The predicted octanol–water partition coefficient (Wildman–Crippen LogP) is 2.56. The molecule has 0 aliphatic heterocycles. The molecule has 0 aromatic carbocycles. The number of hydrogen-bond acceptors (Lipinski definition) is 6. The molecule has 0 aliphatic rings. The summed E-state index contributed by atoms with van der Waals surface area (Å²) in [5, 5.41) is 8.00. The average Bonchev–Trinajstić information content (AvgIpc) is 3.05. The topological polar surface area (TPSA) is 86.1 Å². The summed E-state index contributed by atoms with van der Waals surface area (Å²) in [5.74, 6) is 0.519. The van der Waals surface area contributed by atoms with Gasteiger partial charge in [-0.25, -0.2) is 8.42 Å². The van der Waals surface area contributed by atoms with Crippen LogP contribution in [0.4, 0.5) is 0 Å². The number of ether oxygens (including phenoxy) is 1. The molecule has 7 nitrogen and oxygen atoms in total. The van der Waals surface area contributed by atoms with Gasteiger partial charge in [0.2, 0.25) is 0 Å². The zero-order valence-electron chi connectivity index (χ0n) is 12.4. The number of hydrogen-bond donors (Lipinski definition) is 1. The van der Waals surface area contributed by atoms with E-state index in [1.807, 2.05) is 13.8 Å². The second-order valence-corrected chi connectivity index (χ2v) is 8.82. The molecule has 0 radical (unpaired) electrons. The summed E-state index contributed by atoms with van der Waals surface area (Å²) in [4.78, 5) is 0. The lowest BCUT2D eigenvalue weighted by Gasteiger charge is -2.14. The van der Waals surface area contributed by atoms with Gasteiger partial charge in [-0.05, 0) is 48.8 Å². The molecule has 2 heterocycles. The predicted molar refractivity (Wildman–Crippen MR) is 87.6 cm³/mol. The van der Waals surface area contributed by atoms with Crippen LogP contribution < -0.4 is 9.46 Å². The van der Waals surface area contributed by atoms with Gasteiger partial charge in [-0.1, -0.05) is 5.10 Å². The Bertz CT molecular complexity index is 741. The highest BCUT2D eigenvalue weighted by Crippen LogP contribution is 2.27. The molecule has 1 atom stereocenters. The van der Waals surface area contributed by atoms with Gasteiger partial charge < -0.3 is 4.74 Å². The molecule has 0 amide bonds. The van der Waals surface area contributed by atoms with Crippen molar-refractivity contribution in [2.45, 2.75) is 37.6 Å². The van der Waals surface area contributed by atoms with Crippen LogP contribution >= 0.6 is 27.3 Å². The quantitative estimate of drug-likeness (QED) is 0.760. The van der Waals surface area contributed by atoms with E-state index < -0.39 is 16.1 Å². The zero-order valence-corrected chi connectivity index (χ0v) is 15.6. The summed E-state index contributed by atoms with van der Waals surface area (Å²) in [7, 11) is -3.60. The van der Waals surface area contributed by atoms with Crippen molar-refractivity contribution in [2.24, 2.45) is 0 Å². The molecule has 0 unspecified atom stereocenters. The third-order valence-electron chi connectivity index (χ3n) is 2.87. The van der Waals surface area contributed by atoms with E-state index in [1.165, 1.54) is 0 Å². The number of nitrogens with one attached hydrogen (secondary N) is 1. The first-order valence-corrected chi connectivity index (χ1v) is 9.81. The number of aromatic nitrogens is 3. The average molecular weight is 409 g/mol. The summed E-state index contributed by atoms with van der Waals surface area (Å²) in [5.41, 5.74) is 0. The van der Waals surface area contributed by atoms with Gasteiger partial charge in [0, 0.05) is 6.54 Å². The SMILES string of the molecule is CCOc1nnc([C@@H](C)NS(=O)(=O)c2ccc(Br)s2)n1CC. The lowest BCUT2D eigenvalue weighted by molar-refractivity contribution is 0.294. The summed E-state index contributed by atoms with van der Waals surface area (Å²) in [6.45, 7) is 6.57. The van der Waals surface area contributed by atoms with Gasteiger partial charge in [0.05, 0.1) is 16.4 Å². The molecule has 2 aromatic heterocycles. The summed E-state index contributed by atoms with van der Waals surface area (Å²) in [6, 6.07) is 3.13. The van der Waals surface area contributed by atoms with Crippen LogP contribution in [0.5, 0.6) is 6.01 Å². The molecule has 10 heteroatoms. The minimum Gasteiger partial charge on any atom is -0.464 e. The normalized spacial score (nSPS) is 13.3. The lowest BCUT2D eigenvalue weighted by Crippen LogP contribution is -2.28. The van der Waals surface area contributed by atoms with E-state index in [0.29, 0.717) is 25.0 Å². The first-order valence-electron chi connectivity index (χ1n) is 6.72. The fourth-order valence-corrected chi connectivity index (χ4v) is 5.17. The number of rotatable bonds is 7. The summed E-state index contributed by atoms with van der Waals surface area (Å²) in [6.07, 6.45) is 0. The van der Waals surface area contributed by atoms with Crippen molar-refractivity contribution in [3.05, 3.63) is 21.7 Å². The molecule has 0 saturated heterocycles. The van der Waals surface area contributed by atoms with Crippen LogP contribution in [0.2, 0.25) is 0 Å². The van der Waals surface area contributed by atoms with Crippen molar-refractivity contribution in [1.29, 1.82) is 0 Å². The molecular weight excluding hydrogens is 392 g/mol. The number of thiophene rings is 1. The lowest BCUT2D eigenvalue weighted by atomic mass is 10.3. The van der Waals surface area contributed by atoms with Crippen LogP contribution in [-0.4, -0.2) is 29.8 Å². The standard InChI is InChI=1S/C12H17BrN4O3S2/c1-4-17-11(14-15-12(17)20-5-2)8(3)16-22(18,19)10-7-6-9(13)21-10/h6-8,16H,4-5H2,1-3H3/t8-/m1/s1. The van der Waals surface area contributed by atoms with Crippen LogP contribution in [-0.2, 0) is 16.6 Å². The van der Waals surface area contributed by atoms with Crippen LogP contribution in [0, 0.1) is 0 Å². The van der Waals surface area contributed by atoms with E-state index in [0.717, 1.165) is 15.1 Å². The van der Waals surface area contributed by atoms with Gasteiger partial charge >= 0.3 is 6.01 Å². The highest BCUT2D eigenvalue weighted by Gasteiger charge is 2.24. The smallest absolute Gasteiger partial charge is 0.316 e. The third-order valence-corrected chi connectivity index (χ3v) is 6.52. The summed E-state index contributed by atoms with van der Waals surface area (Å²) >= 11 is 4.42. The Morgan fingerprint density at radius 1 is 1.41 bits per heavy atom. The van der Waals surface area contributed by atoms with Gasteiger partial charge in [-0.15, -0.1) is 16.4 Å². The maximum atomic E-state index is 12.4. The number of halogens is 1. The Kier molecular flexibility index (Phi) is 5.59. The van der Waals surface area contributed by atoms with Crippen molar-refractivity contribution in [3.63, 3.8) is 0 Å². The Morgan fingerprint density at radius 2 is 2.14 bits per heavy atom. The monoisotopic (exact) mass is 408 g/mol. The summed E-state index contributed by atoms with van der Waals surface area (Å²) < 4.78 is 35.5. The Balaban J connectivity index is 2.24. The first-order chi connectivity index (χ1) is 10.4. The van der Waals surface area contributed by atoms with Crippen LogP contribution in [0.1, 0.15) is 32.6 Å². The minimum atomic E-state index is -3.60. The van der Waals surface area contributed by atoms with Gasteiger partial charge in [0.25, 0.3) is 10.0 Å². The van der Waals surface area contributed by atoms with Gasteiger partial charge in [-0.2, -0.15) is 4.72 Å². The van der Waals surface area contributed by atoms with Gasteiger partial charge in [-0.3, -0.25) is 4.57 Å². The molecule has 0 aliphatic carbocycles. The van der Waals surface area contributed by atoms with E-state index in [1.54, 1.807) is 23.6 Å². The van der Waals surface area contributed by atoms with E-state index in [-0.39, 0.29) is 4.21 Å². The van der Waals surface area contributed by atoms with Crippen LogP contribution in [0.25, 0.3) is 0 Å². The second-order valence-electron chi connectivity index (χ2n) is 4.42. The molecule has 2 rings (SSSR count). The fourth-order valence-electron chi connectivity index (χ4n) is 1.94. The maximum absolute atomic E-state index is 12.4. The Morgan fingerprint density at radius 3 is 2.68 bits per heavy atom. The molecule has 0 bridgehead atoms. The van der Waals surface area contributed by atoms with Crippen LogP contribution in [0.15, 0.2) is 20.1 Å². The van der Waals surface area contributed by atoms with E-state index in [9.17, 15) is 8.42 Å². The Hall–Kier alpha value is -0.970. The minimum absolute atomic E-state index is 0.249. The molecule has 122 valence electrons. The number of sulfonamides is 1. The van der Waals surface area contributed by atoms with Gasteiger partial charge in [0.15, 0.2) is 5.82 Å². The van der Waals surface area contributed by atoms with E-state index in [4.69, 9.17) is 4.74 Å². The van der Waals surface area contributed by atoms with Crippen molar-refractivity contribution < 1.29 is 13.2 Å². The van der Waals surface area contributed by atoms with Crippen molar-refractivity contribution in [2.75, 3.05) is 6.61 Å². The Labute approximate surface area is 141 Å². The largest absolute Gasteiger partial charge is 0.464 e. The highest BCUT2D eigenvalue weighted by molar-refractivity contribution is 9.11.